The SMILES string of the molecule is CC1C=Cc2c(n(-c3cccc(-n4c5ccccc5c5cc(-c6ccc7c(c6)c6ccccc6n7-c6ccccc6)ccc54)c3)c3ccccc23)C1. The molecule has 1 aliphatic carbocycles. The maximum absolute atomic E-state index is 2.49. The van der Waals surface area contributed by atoms with E-state index in [0.717, 1.165) is 12.1 Å². The van der Waals surface area contributed by atoms with Gasteiger partial charge in [0.25, 0.3) is 0 Å². The fourth-order valence-corrected chi connectivity index (χ4v) is 8.84. The molecular weight excluding hydrogens is 631 g/mol. The predicted octanol–water partition coefficient (Wildman–Crippen LogP) is 12.7. The minimum Gasteiger partial charge on any atom is -0.313 e. The molecule has 3 heteroatoms. The van der Waals surface area contributed by atoms with E-state index in [4.69, 9.17) is 0 Å². The van der Waals surface area contributed by atoms with Crippen LogP contribution >= 0.6 is 0 Å². The fourth-order valence-electron chi connectivity index (χ4n) is 8.84. The van der Waals surface area contributed by atoms with Crippen molar-refractivity contribution >= 4 is 60.6 Å². The van der Waals surface area contributed by atoms with Crippen molar-refractivity contribution in [1.29, 1.82) is 0 Å². The van der Waals surface area contributed by atoms with Crippen LogP contribution in [0.15, 0.2) is 170 Å². The van der Waals surface area contributed by atoms with E-state index in [1.54, 1.807) is 0 Å². The Labute approximate surface area is 301 Å². The van der Waals surface area contributed by atoms with Crippen molar-refractivity contribution in [1.82, 2.24) is 13.7 Å². The van der Waals surface area contributed by atoms with Crippen LogP contribution < -0.4 is 0 Å². The van der Waals surface area contributed by atoms with Gasteiger partial charge in [-0.2, -0.15) is 0 Å². The number of nitrogens with zero attached hydrogens (tertiary/aromatic N) is 3. The average Bonchev–Trinajstić information content (AvgIpc) is 3.83. The third-order valence-electron chi connectivity index (χ3n) is 11.2. The first-order valence-electron chi connectivity index (χ1n) is 18.2. The highest BCUT2D eigenvalue weighted by Crippen LogP contribution is 2.40. The number of aromatic nitrogens is 3. The van der Waals surface area contributed by atoms with Gasteiger partial charge >= 0.3 is 0 Å². The lowest BCUT2D eigenvalue weighted by atomic mass is 9.95. The summed E-state index contributed by atoms with van der Waals surface area (Å²) in [6.45, 7) is 2.31. The summed E-state index contributed by atoms with van der Waals surface area (Å²) in [4.78, 5) is 0. The van der Waals surface area contributed by atoms with Gasteiger partial charge in [-0.25, -0.2) is 0 Å². The quantitative estimate of drug-likeness (QED) is 0.178. The van der Waals surface area contributed by atoms with Gasteiger partial charge in [-0.1, -0.05) is 110 Å². The minimum absolute atomic E-state index is 0.508. The van der Waals surface area contributed by atoms with Gasteiger partial charge in [0.15, 0.2) is 0 Å². The Balaban J connectivity index is 1.08. The number of benzene rings is 7. The van der Waals surface area contributed by atoms with Gasteiger partial charge in [-0.15, -0.1) is 0 Å². The van der Waals surface area contributed by atoms with Gasteiger partial charge < -0.3 is 13.7 Å². The van der Waals surface area contributed by atoms with Gasteiger partial charge in [-0.05, 0) is 96.3 Å². The minimum atomic E-state index is 0.508. The highest BCUT2D eigenvalue weighted by molar-refractivity contribution is 6.12. The molecule has 0 aliphatic heterocycles. The van der Waals surface area contributed by atoms with Crippen LogP contribution in [0.25, 0.3) is 88.8 Å². The second-order valence-electron chi connectivity index (χ2n) is 14.3. The maximum atomic E-state index is 2.49. The van der Waals surface area contributed by atoms with E-state index in [9.17, 15) is 0 Å². The Morgan fingerprint density at radius 2 is 0.885 bits per heavy atom. The number of hydrogen-bond donors (Lipinski definition) is 0. The normalized spacial score (nSPS) is 14.3. The molecule has 0 saturated carbocycles. The first-order valence-corrected chi connectivity index (χ1v) is 18.2. The maximum Gasteiger partial charge on any atom is 0.0541 e. The molecule has 0 fully saturated rings. The van der Waals surface area contributed by atoms with E-state index in [0.29, 0.717) is 5.92 Å². The van der Waals surface area contributed by atoms with Gasteiger partial charge in [0.2, 0.25) is 0 Å². The standard InChI is InChI=1S/C49H35N3/c1-32-22-25-41-38-16-5-8-19-44(38)52(49(41)28-32)37-15-11-14-36(31-37)51-46-21-10-7-18-40(46)43-30-34(24-27-48(43)51)33-23-26-47-42(29-33)39-17-6-9-20-45(39)50(47)35-12-3-2-4-13-35/h2-27,29-32H,28H2,1H3. The summed E-state index contributed by atoms with van der Waals surface area (Å²) in [5.74, 6) is 0.508. The van der Waals surface area contributed by atoms with Crippen molar-refractivity contribution in [3.05, 3.63) is 181 Å². The Kier molecular flexibility index (Phi) is 6.29. The van der Waals surface area contributed by atoms with Crippen molar-refractivity contribution in [3.8, 4) is 28.2 Å². The van der Waals surface area contributed by atoms with Crippen LogP contribution in [-0.4, -0.2) is 13.7 Å². The van der Waals surface area contributed by atoms with Crippen LogP contribution in [0.1, 0.15) is 18.2 Å². The fraction of sp³-hybridized carbons (Fsp3) is 0.0612. The molecule has 0 saturated heterocycles. The zero-order valence-electron chi connectivity index (χ0n) is 28.9. The van der Waals surface area contributed by atoms with E-state index in [-0.39, 0.29) is 0 Å². The van der Waals surface area contributed by atoms with Crippen LogP contribution in [0.5, 0.6) is 0 Å². The summed E-state index contributed by atoms with van der Waals surface area (Å²) < 4.78 is 7.31. The van der Waals surface area contributed by atoms with Crippen molar-refractivity contribution in [3.63, 3.8) is 0 Å². The van der Waals surface area contributed by atoms with Gasteiger partial charge in [0.05, 0.1) is 27.6 Å². The zero-order chi connectivity index (χ0) is 34.3. The van der Waals surface area contributed by atoms with Crippen LogP contribution in [0.2, 0.25) is 0 Å². The number of fused-ring (bicyclic) bond motifs is 9. The van der Waals surface area contributed by atoms with Crippen LogP contribution in [0.4, 0.5) is 0 Å². The molecule has 3 nitrogen and oxygen atoms in total. The summed E-state index contributed by atoms with van der Waals surface area (Å²) in [5, 5.41) is 6.37. The molecule has 1 aliphatic rings. The Bertz CT molecular complexity index is 3060. The van der Waals surface area contributed by atoms with Crippen molar-refractivity contribution in [2.45, 2.75) is 13.3 Å². The third-order valence-corrected chi connectivity index (χ3v) is 11.2. The number of para-hydroxylation sites is 4. The zero-order valence-corrected chi connectivity index (χ0v) is 28.9. The highest BCUT2D eigenvalue weighted by atomic mass is 15.0. The molecule has 1 unspecified atom stereocenters. The van der Waals surface area contributed by atoms with Crippen molar-refractivity contribution < 1.29 is 0 Å². The van der Waals surface area contributed by atoms with Crippen LogP contribution in [-0.2, 0) is 6.42 Å². The first kappa shape index (κ1) is 29.2. The van der Waals surface area contributed by atoms with E-state index in [1.807, 2.05) is 0 Å². The molecule has 11 rings (SSSR count). The molecule has 10 aromatic rings. The summed E-state index contributed by atoms with van der Waals surface area (Å²) in [7, 11) is 0. The molecule has 0 spiro atoms. The Morgan fingerprint density at radius 1 is 0.404 bits per heavy atom. The molecule has 0 radical (unpaired) electrons. The molecule has 7 aromatic carbocycles. The molecule has 0 bridgehead atoms. The monoisotopic (exact) mass is 665 g/mol. The van der Waals surface area contributed by atoms with Crippen molar-refractivity contribution in [2.75, 3.05) is 0 Å². The lowest BCUT2D eigenvalue weighted by Crippen LogP contribution is -2.08. The smallest absolute Gasteiger partial charge is 0.0541 e. The van der Waals surface area contributed by atoms with E-state index < -0.39 is 0 Å². The second kappa shape index (κ2) is 11.2. The average molecular weight is 666 g/mol. The lowest BCUT2D eigenvalue weighted by molar-refractivity contribution is 0.690. The molecule has 1 atom stereocenters. The van der Waals surface area contributed by atoms with E-state index in [2.05, 4.69) is 197 Å². The third kappa shape index (κ3) is 4.26. The van der Waals surface area contributed by atoms with Gasteiger partial charge in [0, 0.05) is 55.3 Å². The van der Waals surface area contributed by atoms with Crippen LogP contribution in [0, 0.1) is 5.92 Å². The highest BCUT2D eigenvalue weighted by Gasteiger charge is 2.22. The van der Waals surface area contributed by atoms with Gasteiger partial charge in [0.1, 0.15) is 0 Å². The second-order valence-corrected chi connectivity index (χ2v) is 14.3. The number of hydrogen-bond acceptors (Lipinski definition) is 0. The predicted molar refractivity (Wildman–Crippen MR) is 219 cm³/mol. The van der Waals surface area contributed by atoms with Gasteiger partial charge in [-0.3, -0.25) is 0 Å². The van der Waals surface area contributed by atoms with Crippen molar-refractivity contribution in [2.24, 2.45) is 5.92 Å². The topological polar surface area (TPSA) is 14.8 Å². The van der Waals surface area contributed by atoms with E-state index in [1.165, 1.54) is 88.3 Å². The molecule has 246 valence electrons. The Morgan fingerprint density at radius 3 is 1.52 bits per heavy atom. The summed E-state index contributed by atoms with van der Waals surface area (Å²) in [6, 6.07) is 60.1. The molecule has 3 heterocycles. The number of allylic oxidation sites excluding steroid dienone is 1. The number of rotatable bonds is 4. The first-order chi connectivity index (χ1) is 25.7. The summed E-state index contributed by atoms with van der Waals surface area (Å²) in [5.41, 5.74) is 14.8. The summed E-state index contributed by atoms with van der Waals surface area (Å²) in [6.07, 6.45) is 5.71. The molecular formula is C49H35N3. The molecule has 3 aromatic heterocycles. The Hall–Kier alpha value is -6.58. The van der Waals surface area contributed by atoms with E-state index >= 15 is 0 Å². The largest absolute Gasteiger partial charge is 0.313 e. The molecule has 0 amide bonds. The van der Waals surface area contributed by atoms with Crippen LogP contribution in [0.3, 0.4) is 0 Å². The summed E-state index contributed by atoms with van der Waals surface area (Å²) >= 11 is 0. The molecule has 0 N–H and O–H groups in total. The molecule has 52 heavy (non-hydrogen) atoms. The lowest BCUT2D eigenvalue weighted by Gasteiger charge is -2.18.